The van der Waals surface area contributed by atoms with Gasteiger partial charge in [0.15, 0.2) is 5.06 Å². The highest BCUT2D eigenvalue weighted by molar-refractivity contribution is 7.12. The van der Waals surface area contributed by atoms with Crippen molar-refractivity contribution in [2.24, 2.45) is 0 Å². The first-order chi connectivity index (χ1) is 4.36. The van der Waals surface area contributed by atoms with Gasteiger partial charge in [0.05, 0.1) is 14.2 Å². The molecule has 1 aromatic rings. The minimum Gasteiger partial charge on any atom is -0.496 e. The van der Waals surface area contributed by atoms with Gasteiger partial charge >= 0.3 is 0 Å². The Labute approximate surface area is 58.0 Å². The molecule has 0 saturated carbocycles. The van der Waals surface area contributed by atoms with Crippen molar-refractivity contribution in [1.82, 2.24) is 0 Å². The van der Waals surface area contributed by atoms with Gasteiger partial charge in [-0.05, 0) is 0 Å². The molecule has 0 N–H and O–H groups in total. The first-order valence-corrected chi connectivity index (χ1v) is 3.41. The Bertz CT molecular complexity index is 164. The lowest BCUT2D eigenvalue weighted by Crippen LogP contribution is -1.77. The van der Waals surface area contributed by atoms with Gasteiger partial charge in [-0.25, -0.2) is 0 Å². The monoisotopic (exact) mass is 144 g/mol. The van der Waals surface area contributed by atoms with Crippen LogP contribution in [0.25, 0.3) is 0 Å². The van der Waals surface area contributed by atoms with Crippen molar-refractivity contribution >= 4 is 11.3 Å². The van der Waals surface area contributed by atoms with Crippen molar-refractivity contribution in [2.75, 3.05) is 14.2 Å². The van der Waals surface area contributed by atoms with Crippen molar-refractivity contribution in [1.29, 1.82) is 0 Å². The van der Waals surface area contributed by atoms with Crippen LogP contribution in [-0.2, 0) is 0 Å². The standard InChI is InChI=1S/C6H8O2S/c1-7-5-3-6(8-2)9-4-5/h3-4H,1-2H3. The Hall–Kier alpha value is -0.700. The van der Waals surface area contributed by atoms with E-state index in [4.69, 9.17) is 9.47 Å². The molecule has 0 aromatic carbocycles. The first kappa shape index (κ1) is 6.42. The van der Waals surface area contributed by atoms with E-state index in [-0.39, 0.29) is 0 Å². The summed E-state index contributed by atoms with van der Waals surface area (Å²) in [6.07, 6.45) is 0. The van der Waals surface area contributed by atoms with Crippen LogP contribution in [0.3, 0.4) is 0 Å². The zero-order chi connectivity index (χ0) is 6.69. The molecule has 0 saturated heterocycles. The van der Waals surface area contributed by atoms with Crippen LogP contribution in [0.4, 0.5) is 0 Å². The predicted octanol–water partition coefficient (Wildman–Crippen LogP) is 1.77. The molecular formula is C6H8O2S. The van der Waals surface area contributed by atoms with E-state index in [1.54, 1.807) is 14.2 Å². The van der Waals surface area contributed by atoms with Crippen LogP contribution in [0.15, 0.2) is 11.4 Å². The van der Waals surface area contributed by atoms with Crippen molar-refractivity contribution in [3.8, 4) is 10.8 Å². The molecule has 0 fully saturated rings. The number of thiophene rings is 1. The van der Waals surface area contributed by atoms with Crippen LogP contribution in [0.1, 0.15) is 0 Å². The Morgan fingerprint density at radius 1 is 1.33 bits per heavy atom. The molecule has 9 heavy (non-hydrogen) atoms. The molecule has 0 radical (unpaired) electrons. The maximum absolute atomic E-state index is 4.94. The average molecular weight is 144 g/mol. The molecule has 0 aliphatic rings. The van der Waals surface area contributed by atoms with Gasteiger partial charge in [0.25, 0.3) is 0 Å². The topological polar surface area (TPSA) is 18.5 Å². The molecule has 50 valence electrons. The quantitative estimate of drug-likeness (QED) is 0.629. The molecule has 1 heterocycles. The lowest BCUT2D eigenvalue weighted by Gasteiger charge is -1.90. The van der Waals surface area contributed by atoms with Crippen molar-refractivity contribution in [3.63, 3.8) is 0 Å². The minimum absolute atomic E-state index is 0.858. The number of hydrogen-bond acceptors (Lipinski definition) is 3. The third-order valence-corrected chi connectivity index (χ3v) is 1.86. The highest BCUT2D eigenvalue weighted by atomic mass is 32.1. The molecule has 3 heteroatoms. The van der Waals surface area contributed by atoms with Crippen LogP contribution in [-0.4, -0.2) is 14.2 Å². The number of rotatable bonds is 2. The third-order valence-electron chi connectivity index (χ3n) is 0.988. The van der Waals surface area contributed by atoms with Gasteiger partial charge in [0, 0.05) is 11.4 Å². The Balaban J connectivity index is 2.74. The Morgan fingerprint density at radius 2 is 2.11 bits per heavy atom. The molecular weight excluding hydrogens is 136 g/mol. The molecule has 0 bridgehead atoms. The number of hydrogen-bond donors (Lipinski definition) is 0. The maximum Gasteiger partial charge on any atom is 0.177 e. The lowest BCUT2D eigenvalue weighted by molar-refractivity contribution is 0.405. The van der Waals surface area contributed by atoms with Gasteiger partial charge in [0.2, 0.25) is 0 Å². The lowest BCUT2D eigenvalue weighted by atomic mass is 10.6. The van der Waals surface area contributed by atoms with E-state index in [9.17, 15) is 0 Å². The number of methoxy groups -OCH3 is 2. The zero-order valence-corrected chi connectivity index (χ0v) is 6.20. The fourth-order valence-corrected chi connectivity index (χ4v) is 1.19. The molecule has 1 aromatic heterocycles. The summed E-state index contributed by atoms with van der Waals surface area (Å²) < 4.78 is 9.86. The van der Waals surface area contributed by atoms with Gasteiger partial charge in [0.1, 0.15) is 5.75 Å². The average Bonchev–Trinajstić information content (AvgIpc) is 2.34. The fourth-order valence-electron chi connectivity index (χ4n) is 0.514. The highest BCUT2D eigenvalue weighted by Gasteiger charge is 1.95. The second-order valence-corrected chi connectivity index (χ2v) is 2.38. The first-order valence-electron chi connectivity index (χ1n) is 2.53. The van der Waals surface area contributed by atoms with Crippen molar-refractivity contribution in [3.05, 3.63) is 11.4 Å². The van der Waals surface area contributed by atoms with Gasteiger partial charge in [-0.15, -0.1) is 11.3 Å². The van der Waals surface area contributed by atoms with E-state index >= 15 is 0 Å². The van der Waals surface area contributed by atoms with E-state index in [2.05, 4.69) is 0 Å². The second kappa shape index (κ2) is 2.73. The summed E-state index contributed by atoms with van der Waals surface area (Å²) >= 11 is 1.53. The summed E-state index contributed by atoms with van der Waals surface area (Å²) in [7, 11) is 3.28. The fraction of sp³-hybridized carbons (Fsp3) is 0.333. The predicted molar refractivity (Wildman–Crippen MR) is 37.4 cm³/mol. The van der Waals surface area contributed by atoms with Crippen molar-refractivity contribution in [2.45, 2.75) is 0 Å². The van der Waals surface area contributed by atoms with E-state index < -0.39 is 0 Å². The van der Waals surface area contributed by atoms with Gasteiger partial charge < -0.3 is 9.47 Å². The molecule has 1 rings (SSSR count). The van der Waals surface area contributed by atoms with E-state index in [1.807, 2.05) is 11.4 Å². The summed E-state index contributed by atoms with van der Waals surface area (Å²) in [6.45, 7) is 0. The minimum atomic E-state index is 0.858. The van der Waals surface area contributed by atoms with Gasteiger partial charge in [-0.1, -0.05) is 0 Å². The smallest absolute Gasteiger partial charge is 0.177 e. The summed E-state index contributed by atoms with van der Waals surface area (Å²) in [6, 6.07) is 1.85. The van der Waals surface area contributed by atoms with Gasteiger partial charge in [-0.3, -0.25) is 0 Å². The number of ether oxygens (including phenoxy) is 2. The zero-order valence-electron chi connectivity index (χ0n) is 5.38. The molecule has 0 aliphatic heterocycles. The Kier molecular flexibility index (Phi) is 1.95. The van der Waals surface area contributed by atoms with Crippen LogP contribution >= 0.6 is 11.3 Å². The van der Waals surface area contributed by atoms with Crippen LogP contribution < -0.4 is 9.47 Å². The normalized spacial score (nSPS) is 9.11. The van der Waals surface area contributed by atoms with Crippen LogP contribution in [0.2, 0.25) is 0 Å². The molecule has 0 aliphatic carbocycles. The van der Waals surface area contributed by atoms with Crippen LogP contribution in [0, 0.1) is 0 Å². The van der Waals surface area contributed by atoms with E-state index in [0.717, 1.165) is 10.8 Å². The molecule has 0 amide bonds. The SMILES string of the molecule is COc1csc(OC)c1. The molecule has 2 nitrogen and oxygen atoms in total. The van der Waals surface area contributed by atoms with E-state index in [0.29, 0.717) is 0 Å². The third kappa shape index (κ3) is 1.36. The van der Waals surface area contributed by atoms with Crippen LogP contribution in [0.5, 0.6) is 10.8 Å². The second-order valence-electron chi connectivity index (χ2n) is 1.51. The molecule has 0 spiro atoms. The summed E-state index contributed by atoms with van der Waals surface area (Å²) in [5.74, 6) is 0.858. The summed E-state index contributed by atoms with van der Waals surface area (Å²) in [5, 5.41) is 2.78. The van der Waals surface area contributed by atoms with E-state index in [1.165, 1.54) is 11.3 Å². The van der Waals surface area contributed by atoms with Gasteiger partial charge in [-0.2, -0.15) is 0 Å². The summed E-state index contributed by atoms with van der Waals surface area (Å²) in [5.41, 5.74) is 0. The molecule has 0 unspecified atom stereocenters. The maximum atomic E-state index is 4.94. The van der Waals surface area contributed by atoms with Crippen molar-refractivity contribution < 1.29 is 9.47 Å². The largest absolute Gasteiger partial charge is 0.496 e. The summed E-state index contributed by atoms with van der Waals surface area (Å²) in [4.78, 5) is 0. The molecule has 0 atom stereocenters. The Morgan fingerprint density at radius 3 is 2.44 bits per heavy atom. The highest BCUT2D eigenvalue weighted by Crippen LogP contribution is 2.27.